The van der Waals surface area contributed by atoms with Gasteiger partial charge in [-0.15, -0.1) is 0 Å². The van der Waals surface area contributed by atoms with Gasteiger partial charge in [0, 0.05) is 19.0 Å². The summed E-state index contributed by atoms with van der Waals surface area (Å²) in [6.07, 6.45) is 1.06. The highest BCUT2D eigenvalue weighted by Gasteiger charge is 2.31. The molecule has 1 fully saturated rings. The number of rotatable bonds is 8. The van der Waals surface area contributed by atoms with Crippen LogP contribution in [0.1, 0.15) is 24.0 Å². The van der Waals surface area contributed by atoms with Crippen LogP contribution in [0, 0.1) is 12.8 Å². The van der Waals surface area contributed by atoms with Gasteiger partial charge in [0.25, 0.3) is 0 Å². The Bertz CT molecular complexity index is 1220. The normalized spacial score (nSPS) is 15.4. The van der Waals surface area contributed by atoms with Crippen LogP contribution in [0.3, 0.4) is 0 Å². The zero-order valence-electron chi connectivity index (χ0n) is 18.9. The summed E-state index contributed by atoms with van der Waals surface area (Å²) in [5.41, 5.74) is 1.80. The molecule has 1 aliphatic rings. The molecule has 1 N–H and O–H groups in total. The molecule has 0 bridgehead atoms. The predicted molar refractivity (Wildman–Crippen MR) is 131 cm³/mol. The minimum Gasteiger partial charge on any atom is -0.492 e. The maximum Gasteiger partial charge on any atom is 0.223 e. The van der Waals surface area contributed by atoms with Crippen molar-refractivity contribution in [2.24, 2.45) is 5.92 Å². The fourth-order valence-corrected chi connectivity index (χ4v) is 5.87. The number of nitrogens with one attached hydrogen (secondary N) is 1. The van der Waals surface area contributed by atoms with Crippen molar-refractivity contribution in [1.29, 1.82) is 0 Å². The minimum absolute atomic E-state index is 0.00263. The lowest BCUT2D eigenvalue weighted by Gasteiger charge is -2.30. The van der Waals surface area contributed by atoms with Crippen LogP contribution in [0.5, 0.6) is 5.75 Å². The van der Waals surface area contributed by atoms with Gasteiger partial charge in [0.2, 0.25) is 15.9 Å². The molecule has 0 radical (unpaired) electrons. The number of amides is 1. The number of piperidine rings is 1. The van der Waals surface area contributed by atoms with Gasteiger partial charge in [0.05, 0.1) is 12.3 Å². The quantitative estimate of drug-likeness (QED) is 0.511. The first-order valence-electron chi connectivity index (χ1n) is 11.3. The third-order valence-corrected chi connectivity index (χ3v) is 8.04. The number of hydrogen-bond donors (Lipinski definition) is 1. The van der Waals surface area contributed by atoms with E-state index in [0.717, 1.165) is 27.6 Å². The summed E-state index contributed by atoms with van der Waals surface area (Å²) in [6, 6.07) is 21.6. The Kier molecular flexibility index (Phi) is 7.30. The van der Waals surface area contributed by atoms with Crippen molar-refractivity contribution in [3.8, 4) is 5.75 Å². The Balaban J connectivity index is 1.21. The van der Waals surface area contributed by atoms with E-state index in [0.29, 0.717) is 39.1 Å². The van der Waals surface area contributed by atoms with E-state index in [-0.39, 0.29) is 17.6 Å². The molecular formula is C26H30N2O4S. The molecule has 3 aromatic rings. The summed E-state index contributed by atoms with van der Waals surface area (Å²) in [5, 5.41) is 5.20. The Morgan fingerprint density at radius 3 is 2.45 bits per heavy atom. The maximum atomic E-state index is 12.8. The number of hydrogen-bond acceptors (Lipinski definition) is 4. The van der Waals surface area contributed by atoms with Crippen LogP contribution in [0.15, 0.2) is 66.7 Å². The van der Waals surface area contributed by atoms with Gasteiger partial charge in [-0.25, -0.2) is 12.7 Å². The van der Waals surface area contributed by atoms with Crippen molar-refractivity contribution in [2.75, 3.05) is 26.2 Å². The van der Waals surface area contributed by atoms with E-state index < -0.39 is 10.0 Å². The number of carbonyl (C=O) groups is 1. The van der Waals surface area contributed by atoms with Crippen LogP contribution in [-0.4, -0.2) is 44.9 Å². The van der Waals surface area contributed by atoms with Crippen molar-refractivity contribution >= 4 is 26.7 Å². The topological polar surface area (TPSA) is 75.7 Å². The molecule has 33 heavy (non-hydrogen) atoms. The zero-order valence-corrected chi connectivity index (χ0v) is 19.7. The van der Waals surface area contributed by atoms with E-state index in [9.17, 15) is 13.2 Å². The molecule has 1 aliphatic heterocycles. The van der Waals surface area contributed by atoms with Crippen LogP contribution in [0.2, 0.25) is 0 Å². The van der Waals surface area contributed by atoms with Gasteiger partial charge >= 0.3 is 0 Å². The van der Waals surface area contributed by atoms with Gasteiger partial charge in [0.1, 0.15) is 12.4 Å². The zero-order chi connectivity index (χ0) is 23.3. The molecule has 0 atom stereocenters. The number of carbonyl (C=O) groups excluding carboxylic acids is 1. The number of benzene rings is 3. The summed E-state index contributed by atoms with van der Waals surface area (Å²) in [6.45, 7) is 3.47. The largest absolute Gasteiger partial charge is 0.492 e. The van der Waals surface area contributed by atoms with Gasteiger partial charge in [-0.2, -0.15) is 0 Å². The summed E-state index contributed by atoms with van der Waals surface area (Å²) in [5.74, 6) is 0.571. The first-order chi connectivity index (χ1) is 15.9. The van der Waals surface area contributed by atoms with Crippen LogP contribution >= 0.6 is 0 Å². The lowest BCUT2D eigenvalue weighted by Crippen LogP contribution is -2.44. The summed E-state index contributed by atoms with van der Waals surface area (Å²) >= 11 is 0. The molecule has 0 saturated carbocycles. The van der Waals surface area contributed by atoms with Crippen LogP contribution in [-0.2, 0) is 20.6 Å². The van der Waals surface area contributed by atoms with Crippen LogP contribution < -0.4 is 10.1 Å². The summed E-state index contributed by atoms with van der Waals surface area (Å²) in [7, 11) is -3.39. The second-order valence-electron chi connectivity index (χ2n) is 8.50. The third-order valence-electron chi connectivity index (χ3n) is 6.21. The molecule has 6 nitrogen and oxygen atoms in total. The molecular weight excluding hydrogens is 436 g/mol. The van der Waals surface area contributed by atoms with E-state index in [1.165, 1.54) is 4.31 Å². The Morgan fingerprint density at radius 2 is 1.70 bits per heavy atom. The fourth-order valence-electron chi connectivity index (χ4n) is 4.20. The molecule has 3 aromatic carbocycles. The number of fused-ring (bicyclic) bond motifs is 1. The molecule has 174 valence electrons. The lowest BCUT2D eigenvalue weighted by molar-refractivity contribution is -0.126. The molecule has 0 aliphatic carbocycles. The van der Waals surface area contributed by atoms with Crippen LogP contribution in [0.25, 0.3) is 10.8 Å². The fraction of sp³-hybridized carbons (Fsp3) is 0.346. The second-order valence-corrected chi connectivity index (χ2v) is 10.5. The number of sulfonamides is 1. The standard InChI is InChI=1S/C26H30N2O4S/c1-20-6-2-3-9-24(20)19-33(30,31)28-15-12-22(13-16-28)26(29)27-14-17-32-25-11-10-21-7-4-5-8-23(21)18-25/h2-11,18,22H,12-17,19H2,1H3,(H,27,29). The van der Waals surface area contributed by atoms with E-state index in [4.69, 9.17) is 4.74 Å². The molecule has 4 rings (SSSR count). The Labute approximate surface area is 195 Å². The Morgan fingerprint density at radius 1 is 1.00 bits per heavy atom. The van der Waals surface area contributed by atoms with Gasteiger partial charge in [-0.05, 0) is 53.8 Å². The first kappa shape index (κ1) is 23.3. The molecule has 1 amide bonds. The highest BCUT2D eigenvalue weighted by molar-refractivity contribution is 7.88. The van der Waals surface area contributed by atoms with Crippen molar-refractivity contribution in [3.05, 3.63) is 77.9 Å². The molecule has 0 unspecified atom stereocenters. The average molecular weight is 467 g/mol. The second kappa shape index (κ2) is 10.4. The van der Waals surface area contributed by atoms with Gasteiger partial charge in [0.15, 0.2) is 0 Å². The monoisotopic (exact) mass is 466 g/mol. The van der Waals surface area contributed by atoms with Gasteiger partial charge in [-0.1, -0.05) is 54.6 Å². The Hall–Kier alpha value is -2.90. The smallest absolute Gasteiger partial charge is 0.223 e. The average Bonchev–Trinajstić information content (AvgIpc) is 2.83. The molecule has 7 heteroatoms. The third kappa shape index (κ3) is 5.92. The van der Waals surface area contributed by atoms with E-state index in [1.54, 1.807) is 0 Å². The van der Waals surface area contributed by atoms with E-state index in [2.05, 4.69) is 11.4 Å². The van der Waals surface area contributed by atoms with Gasteiger partial charge in [-0.3, -0.25) is 4.79 Å². The number of ether oxygens (including phenoxy) is 1. The maximum absolute atomic E-state index is 12.8. The van der Waals surface area contributed by atoms with E-state index in [1.807, 2.05) is 67.6 Å². The van der Waals surface area contributed by atoms with Crippen LogP contribution in [0.4, 0.5) is 0 Å². The molecule has 0 spiro atoms. The summed E-state index contributed by atoms with van der Waals surface area (Å²) in [4.78, 5) is 12.5. The van der Waals surface area contributed by atoms with Gasteiger partial charge < -0.3 is 10.1 Å². The molecule has 1 heterocycles. The van der Waals surface area contributed by atoms with E-state index >= 15 is 0 Å². The highest BCUT2D eigenvalue weighted by atomic mass is 32.2. The summed E-state index contributed by atoms with van der Waals surface area (Å²) < 4.78 is 32.9. The van der Waals surface area contributed by atoms with Crippen molar-refractivity contribution in [2.45, 2.75) is 25.5 Å². The van der Waals surface area contributed by atoms with Crippen molar-refractivity contribution in [3.63, 3.8) is 0 Å². The molecule has 0 aromatic heterocycles. The van der Waals surface area contributed by atoms with Crippen molar-refractivity contribution in [1.82, 2.24) is 9.62 Å². The first-order valence-corrected chi connectivity index (χ1v) is 12.9. The highest BCUT2D eigenvalue weighted by Crippen LogP contribution is 2.23. The number of aryl methyl sites for hydroxylation is 1. The predicted octanol–water partition coefficient (Wildman–Crippen LogP) is 3.89. The van der Waals surface area contributed by atoms with Crippen molar-refractivity contribution < 1.29 is 17.9 Å². The number of nitrogens with zero attached hydrogens (tertiary/aromatic N) is 1. The lowest BCUT2D eigenvalue weighted by atomic mass is 9.97. The minimum atomic E-state index is -3.39. The SMILES string of the molecule is Cc1ccccc1CS(=O)(=O)N1CCC(C(=O)NCCOc2ccc3ccccc3c2)CC1. The molecule has 1 saturated heterocycles.